The number of rotatable bonds is 9. The number of aryl methyl sites for hydroxylation is 1. The zero-order valence-electron chi connectivity index (χ0n) is 21.2. The standard InChI is InChI=1S/C28H32N4O.C2H6/c1-3-4-13-24-20(2)30-19-26(24)23-12-7-11-22(16-23)18-31-27-25(14-8-15-29-27)28(33)32-17-21-9-5-6-10-21;1-2/h3-4,7-8,11-16,19,21,30H,1,5-6,9-10,17-18H2,2H3,(H,29,31)(H,32,33);1-2H3/b13-4-;. The largest absolute Gasteiger partial charge is 0.365 e. The van der Waals surface area contributed by atoms with Crippen LogP contribution in [-0.4, -0.2) is 22.4 Å². The normalized spacial score (nSPS) is 13.3. The van der Waals surface area contributed by atoms with Crippen LogP contribution in [0.15, 0.2) is 67.5 Å². The molecule has 184 valence electrons. The van der Waals surface area contributed by atoms with E-state index < -0.39 is 0 Å². The maximum Gasteiger partial charge on any atom is 0.255 e. The van der Waals surface area contributed by atoms with Gasteiger partial charge in [-0.25, -0.2) is 4.98 Å². The first-order chi connectivity index (χ1) is 17.2. The van der Waals surface area contributed by atoms with Gasteiger partial charge < -0.3 is 15.6 Å². The van der Waals surface area contributed by atoms with Crippen molar-refractivity contribution in [2.24, 2.45) is 5.92 Å². The zero-order chi connectivity index (χ0) is 25.0. The number of nitrogens with zero attached hydrogens (tertiary/aromatic N) is 1. The van der Waals surface area contributed by atoms with Crippen molar-refractivity contribution in [3.05, 3.63) is 89.9 Å². The molecule has 35 heavy (non-hydrogen) atoms. The average molecular weight is 471 g/mol. The predicted octanol–water partition coefficient (Wildman–Crippen LogP) is 7.14. The molecule has 3 N–H and O–H groups in total. The molecule has 0 unspecified atom stereocenters. The van der Waals surface area contributed by atoms with E-state index in [4.69, 9.17) is 0 Å². The molecule has 0 spiro atoms. The highest BCUT2D eigenvalue weighted by molar-refractivity contribution is 5.98. The van der Waals surface area contributed by atoms with Crippen LogP contribution >= 0.6 is 0 Å². The minimum Gasteiger partial charge on any atom is -0.365 e. The quantitative estimate of drug-likeness (QED) is 0.291. The Morgan fingerprint density at radius 3 is 2.77 bits per heavy atom. The number of anilines is 1. The lowest BCUT2D eigenvalue weighted by atomic mass is 10.0. The summed E-state index contributed by atoms with van der Waals surface area (Å²) in [5, 5.41) is 6.46. The molecule has 0 saturated heterocycles. The molecule has 2 heterocycles. The third kappa shape index (κ3) is 6.95. The minimum atomic E-state index is -0.0623. The second-order valence-electron chi connectivity index (χ2n) is 8.65. The molecule has 1 aliphatic rings. The van der Waals surface area contributed by atoms with Gasteiger partial charge in [-0.1, -0.05) is 69.7 Å². The number of benzene rings is 1. The van der Waals surface area contributed by atoms with Gasteiger partial charge in [0.05, 0.1) is 5.56 Å². The minimum absolute atomic E-state index is 0.0623. The van der Waals surface area contributed by atoms with Crippen LogP contribution < -0.4 is 10.6 Å². The van der Waals surface area contributed by atoms with Crippen molar-refractivity contribution < 1.29 is 4.79 Å². The fourth-order valence-electron chi connectivity index (χ4n) is 4.47. The van der Waals surface area contributed by atoms with Crippen LogP contribution in [0.4, 0.5) is 5.82 Å². The average Bonchev–Trinajstić information content (AvgIpc) is 3.56. The number of pyridine rings is 1. The van der Waals surface area contributed by atoms with Crippen LogP contribution in [-0.2, 0) is 6.54 Å². The van der Waals surface area contributed by atoms with E-state index in [1.54, 1.807) is 12.3 Å². The van der Waals surface area contributed by atoms with Gasteiger partial charge in [-0.15, -0.1) is 0 Å². The Morgan fingerprint density at radius 1 is 1.20 bits per heavy atom. The van der Waals surface area contributed by atoms with Crippen LogP contribution in [0.5, 0.6) is 0 Å². The monoisotopic (exact) mass is 470 g/mol. The Bertz CT molecular complexity index is 1140. The summed E-state index contributed by atoms with van der Waals surface area (Å²) in [5.41, 5.74) is 6.27. The smallest absolute Gasteiger partial charge is 0.255 e. The molecular weight excluding hydrogens is 432 g/mol. The van der Waals surface area contributed by atoms with Crippen molar-refractivity contribution in [1.29, 1.82) is 0 Å². The summed E-state index contributed by atoms with van der Waals surface area (Å²) < 4.78 is 0. The van der Waals surface area contributed by atoms with Gasteiger partial charge >= 0.3 is 0 Å². The summed E-state index contributed by atoms with van der Waals surface area (Å²) in [4.78, 5) is 20.5. The molecule has 1 amide bonds. The highest BCUT2D eigenvalue weighted by atomic mass is 16.1. The van der Waals surface area contributed by atoms with E-state index in [0.717, 1.165) is 34.5 Å². The lowest BCUT2D eigenvalue weighted by Crippen LogP contribution is -2.29. The van der Waals surface area contributed by atoms with Crippen LogP contribution in [0.2, 0.25) is 0 Å². The third-order valence-corrected chi connectivity index (χ3v) is 6.30. The summed E-state index contributed by atoms with van der Waals surface area (Å²) in [7, 11) is 0. The van der Waals surface area contributed by atoms with Gasteiger partial charge in [0.2, 0.25) is 0 Å². The van der Waals surface area contributed by atoms with Crippen molar-refractivity contribution in [3.8, 4) is 11.1 Å². The fourth-order valence-corrected chi connectivity index (χ4v) is 4.47. The summed E-state index contributed by atoms with van der Waals surface area (Å²) in [6.07, 6.45) is 14.5. The highest BCUT2D eigenvalue weighted by Crippen LogP contribution is 2.28. The van der Waals surface area contributed by atoms with Gasteiger partial charge in [0.1, 0.15) is 5.82 Å². The fraction of sp³-hybridized carbons (Fsp3) is 0.333. The second kappa shape index (κ2) is 13.3. The molecule has 4 rings (SSSR count). The van der Waals surface area contributed by atoms with E-state index >= 15 is 0 Å². The van der Waals surface area contributed by atoms with Gasteiger partial charge in [0.25, 0.3) is 5.91 Å². The van der Waals surface area contributed by atoms with E-state index in [0.29, 0.717) is 23.8 Å². The Morgan fingerprint density at radius 2 is 2.00 bits per heavy atom. The number of nitrogens with one attached hydrogen (secondary N) is 3. The molecule has 2 aromatic heterocycles. The summed E-state index contributed by atoms with van der Waals surface area (Å²) in [6, 6.07) is 12.1. The summed E-state index contributed by atoms with van der Waals surface area (Å²) in [5.74, 6) is 1.15. The van der Waals surface area contributed by atoms with E-state index in [1.807, 2.05) is 38.3 Å². The maximum atomic E-state index is 12.8. The predicted molar refractivity (Wildman–Crippen MR) is 147 cm³/mol. The molecule has 0 radical (unpaired) electrons. The molecule has 0 aliphatic heterocycles. The van der Waals surface area contributed by atoms with Crippen LogP contribution in [0.25, 0.3) is 17.2 Å². The first-order valence-corrected chi connectivity index (χ1v) is 12.7. The Hall–Kier alpha value is -3.60. The molecular formula is C30H38N4O. The second-order valence-corrected chi connectivity index (χ2v) is 8.65. The van der Waals surface area contributed by atoms with Crippen molar-refractivity contribution in [1.82, 2.24) is 15.3 Å². The van der Waals surface area contributed by atoms with Gasteiger partial charge in [0, 0.05) is 42.3 Å². The van der Waals surface area contributed by atoms with Gasteiger partial charge in [-0.3, -0.25) is 4.79 Å². The highest BCUT2D eigenvalue weighted by Gasteiger charge is 2.18. The Labute approximate surface area is 209 Å². The molecule has 5 nitrogen and oxygen atoms in total. The SMILES string of the molecule is C=C/C=C\c1c(-c2cccc(CNc3ncccc3C(=O)NCC3CCCC3)c2)c[nH]c1C.CC. The number of aromatic amines is 1. The number of aromatic nitrogens is 2. The molecule has 1 fully saturated rings. The Balaban J connectivity index is 0.00000167. The van der Waals surface area contributed by atoms with Crippen LogP contribution in [0.1, 0.15) is 66.7 Å². The lowest BCUT2D eigenvalue weighted by molar-refractivity contribution is 0.0948. The molecule has 1 aliphatic carbocycles. The summed E-state index contributed by atoms with van der Waals surface area (Å²) >= 11 is 0. The van der Waals surface area contributed by atoms with Gasteiger partial charge in [-0.05, 0) is 55.0 Å². The first-order valence-electron chi connectivity index (χ1n) is 12.7. The number of carbonyl (C=O) groups is 1. The number of H-pyrrole nitrogens is 1. The van der Waals surface area contributed by atoms with Crippen molar-refractivity contribution in [2.45, 2.75) is 53.0 Å². The zero-order valence-corrected chi connectivity index (χ0v) is 21.2. The van der Waals surface area contributed by atoms with Crippen LogP contribution in [0.3, 0.4) is 0 Å². The number of allylic oxidation sites excluding steroid dienone is 2. The number of hydrogen-bond donors (Lipinski definition) is 3. The summed E-state index contributed by atoms with van der Waals surface area (Å²) in [6.45, 7) is 11.2. The number of hydrogen-bond acceptors (Lipinski definition) is 3. The molecule has 1 saturated carbocycles. The molecule has 3 aromatic rings. The Kier molecular flexibility index (Phi) is 9.91. The maximum absolute atomic E-state index is 12.8. The van der Waals surface area contributed by atoms with E-state index in [-0.39, 0.29) is 5.91 Å². The topological polar surface area (TPSA) is 69.8 Å². The van der Waals surface area contributed by atoms with Crippen molar-refractivity contribution in [2.75, 3.05) is 11.9 Å². The third-order valence-electron chi connectivity index (χ3n) is 6.30. The van der Waals surface area contributed by atoms with Crippen molar-refractivity contribution >= 4 is 17.8 Å². The first kappa shape index (κ1) is 26.0. The number of carbonyl (C=O) groups excluding carboxylic acids is 1. The van der Waals surface area contributed by atoms with Gasteiger partial charge in [0.15, 0.2) is 0 Å². The van der Waals surface area contributed by atoms with Crippen LogP contribution in [0, 0.1) is 12.8 Å². The molecule has 0 atom stereocenters. The van der Waals surface area contributed by atoms with Gasteiger partial charge in [-0.2, -0.15) is 0 Å². The van der Waals surface area contributed by atoms with E-state index in [2.05, 4.69) is 64.4 Å². The van der Waals surface area contributed by atoms with E-state index in [9.17, 15) is 4.79 Å². The molecule has 1 aromatic carbocycles. The lowest BCUT2D eigenvalue weighted by Gasteiger charge is -2.14. The van der Waals surface area contributed by atoms with Crippen molar-refractivity contribution in [3.63, 3.8) is 0 Å². The van der Waals surface area contributed by atoms with E-state index in [1.165, 1.54) is 25.7 Å². The molecule has 0 bridgehead atoms. The number of amides is 1. The molecule has 5 heteroatoms.